The summed E-state index contributed by atoms with van der Waals surface area (Å²) in [5.74, 6) is 3.22. The summed E-state index contributed by atoms with van der Waals surface area (Å²) >= 11 is 0. The summed E-state index contributed by atoms with van der Waals surface area (Å²) in [6, 6.07) is 10.4. The molecule has 0 saturated carbocycles. The van der Waals surface area contributed by atoms with Crippen LogP contribution < -0.4 is 20.1 Å². The van der Waals surface area contributed by atoms with Crippen molar-refractivity contribution in [2.24, 2.45) is 4.99 Å². The number of benzene rings is 1. The first-order chi connectivity index (χ1) is 15.8. The Labute approximate surface area is 188 Å². The molecule has 3 aliphatic rings. The van der Waals surface area contributed by atoms with Gasteiger partial charge in [-0.3, -0.25) is 9.89 Å². The van der Waals surface area contributed by atoms with Crippen molar-refractivity contribution in [1.29, 1.82) is 0 Å². The van der Waals surface area contributed by atoms with Gasteiger partial charge in [0, 0.05) is 43.7 Å². The van der Waals surface area contributed by atoms with Crippen LogP contribution in [0, 0.1) is 0 Å². The van der Waals surface area contributed by atoms with E-state index in [0.29, 0.717) is 32.3 Å². The molecule has 8 nitrogen and oxygen atoms in total. The molecule has 5 rings (SSSR count). The topological polar surface area (TPSA) is 80.5 Å². The number of aliphatic imine (C=N–C) groups is 1. The Morgan fingerprint density at radius 3 is 2.97 bits per heavy atom. The Morgan fingerprint density at radius 2 is 2.06 bits per heavy atom. The number of guanidine groups is 1. The van der Waals surface area contributed by atoms with Crippen LogP contribution in [0.1, 0.15) is 25.0 Å². The molecule has 0 amide bonds. The molecule has 2 fully saturated rings. The SMILES string of the molecule is c1coc(CCNC(=NCC2CN3CCCC3CO2)Nc2ccc3c(c2)OCCCO3)c1. The summed E-state index contributed by atoms with van der Waals surface area (Å²) in [7, 11) is 0. The number of rotatable bonds is 6. The van der Waals surface area contributed by atoms with Gasteiger partial charge in [0.2, 0.25) is 0 Å². The maximum atomic E-state index is 6.09. The van der Waals surface area contributed by atoms with Crippen LogP contribution in [-0.2, 0) is 11.2 Å². The molecule has 2 unspecified atom stereocenters. The van der Waals surface area contributed by atoms with E-state index in [1.54, 1.807) is 6.26 Å². The smallest absolute Gasteiger partial charge is 0.195 e. The van der Waals surface area contributed by atoms with Gasteiger partial charge in [0.15, 0.2) is 17.5 Å². The molecule has 2 aromatic rings. The van der Waals surface area contributed by atoms with Gasteiger partial charge in [0.1, 0.15) is 5.76 Å². The Bertz CT molecular complexity index is 901. The van der Waals surface area contributed by atoms with E-state index >= 15 is 0 Å². The van der Waals surface area contributed by atoms with Gasteiger partial charge in [-0.15, -0.1) is 0 Å². The van der Waals surface area contributed by atoms with Gasteiger partial charge >= 0.3 is 0 Å². The van der Waals surface area contributed by atoms with Crippen LogP contribution in [0.25, 0.3) is 0 Å². The Morgan fingerprint density at radius 1 is 1.12 bits per heavy atom. The van der Waals surface area contributed by atoms with Gasteiger partial charge in [-0.2, -0.15) is 0 Å². The fraction of sp³-hybridized carbons (Fsp3) is 0.542. The predicted molar refractivity (Wildman–Crippen MR) is 123 cm³/mol. The number of ether oxygens (including phenoxy) is 3. The molecule has 32 heavy (non-hydrogen) atoms. The van der Waals surface area contributed by atoms with Gasteiger partial charge in [0.05, 0.1) is 38.7 Å². The maximum Gasteiger partial charge on any atom is 0.195 e. The number of hydrogen-bond donors (Lipinski definition) is 2. The van der Waals surface area contributed by atoms with Crippen LogP contribution >= 0.6 is 0 Å². The van der Waals surface area contributed by atoms with E-state index in [0.717, 1.165) is 54.9 Å². The molecule has 3 aliphatic heterocycles. The standard InChI is InChI=1S/C24H32N4O4/c1-4-19-17-32-21(16-28(19)10-1)15-26-24(25-9-8-20-5-2-11-29-20)27-18-6-7-22-23(14-18)31-13-3-12-30-22/h2,5-7,11,14,19,21H,1,3-4,8-10,12-13,15-17H2,(H2,25,26,27). The molecule has 172 valence electrons. The normalized spacial score (nSPS) is 23.4. The van der Waals surface area contributed by atoms with Crippen molar-refractivity contribution in [3.63, 3.8) is 0 Å². The average Bonchev–Trinajstić information content (AvgIpc) is 3.44. The average molecular weight is 441 g/mol. The number of nitrogens with one attached hydrogen (secondary N) is 2. The lowest BCUT2D eigenvalue weighted by Gasteiger charge is -2.34. The van der Waals surface area contributed by atoms with E-state index in [2.05, 4.69) is 15.5 Å². The highest BCUT2D eigenvalue weighted by Crippen LogP contribution is 2.32. The number of anilines is 1. The summed E-state index contributed by atoms with van der Waals surface area (Å²) in [6.45, 7) is 5.62. The Balaban J connectivity index is 1.24. The van der Waals surface area contributed by atoms with Crippen molar-refractivity contribution in [2.45, 2.75) is 37.8 Å². The summed E-state index contributed by atoms with van der Waals surface area (Å²) < 4.78 is 23.1. The quantitative estimate of drug-likeness (QED) is 0.528. The third-order valence-corrected chi connectivity index (χ3v) is 6.17. The highest BCUT2D eigenvalue weighted by atomic mass is 16.5. The van der Waals surface area contributed by atoms with Crippen molar-refractivity contribution in [3.8, 4) is 11.5 Å². The summed E-state index contributed by atoms with van der Waals surface area (Å²) in [4.78, 5) is 7.39. The molecular weight excluding hydrogens is 408 g/mol. The maximum absolute atomic E-state index is 6.09. The number of hydrogen-bond acceptors (Lipinski definition) is 6. The molecule has 2 N–H and O–H groups in total. The van der Waals surface area contributed by atoms with Crippen molar-refractivity contribution in [3.05, 3.63) is 42.4 Å². The molecular formula is C24H32N4O4. The van der Waals surface area contributed by atoms with Crippen molar-refractivity contribution >= 4 is 11.6 Å². The fourth-order valence-corrected chi connectivity index (χ4v) is 4.47. The zero-order valence-corrected chi connectivity index (χ0v) is 18.4. The second-order valence-electron chi connectivity index (χ2n) is 8.53. The van der Waals surface area contributed by atoms with E-state index < -0.39 is 0 Å². The fourth-order valence-electron chi connectivity index (χ4n) is 4.47. The van der Waals surface area contributed by atoms with Gasteiger partial charge in [-0.05, 0) is 43.7 Å². The largest absolute Gasteiger partial charge is 0.490 e. The van der Waals surface area contributed by atoms with Crippen LogP contribution in [0.2, 0.25) is 0 Å². The molecule has 2 saturated heterocycles. The van der Waals surface area contributed by atoms with Crippen LogP contribution in [0.15, 0.2) is 46.0 Å². The molecule has 1 aromatic carbocycles. The zero-order valence-electron chi connectivity index (χ0n) is 18.4. The minimum Gasteiger partial charge on any atom is -0.490 e. The molecule has 0 aliphatic carbocycles. The number of nitrogens with zero attached hydrogens (tertiary/aromatic N) is 2. The third-order valence-electron chi connectivity index (χ3n) is 6.17. The Kier molecular flexibility index (Phi) is 6.79. The number of fused-ring (bicyclic) bond motifs is 2. The molecule has 0 radical (unpaired) electrons. The van der Waals surface area contributed by atoms with E-state index in [1.165, 1.54) is 19.4 Å². The van der Waals surface area contributed by atoms with Gasteiger partial charge in [-0.25, -0.2) is 0 Å². The minimum absolute atomic E-state index is 0.122. The van der Waals surface area contributed by atoms with Crippen molar-refractivity contribution in [1.82, 2.24) is 10.2 Å². The molecule has 0 bridgehead atoms. The molecule has 2 atom stereocenters. The number of morpholine rings is 1. The van der Waals surface area contributed by atoms with Crippen LogP contribution in [0.3, 0.4) is 0 Å². The van der Waals surface area contributed by atoms with Gasteiger partial charge < -0.3 is 29.3 Å². The second-order valence-corrected chi connectivity index (χ2v) is 8.53. The van der Waals surface area contributed by atoms with Crippen LogP contribution in [0.5, 0.6) is 11.5 Å². The lowest BCUT2D eigenvalue weighted by atomic mass is 10.2. The first kappa shape index (κ1) is 21.2. The lowest BCUT2D eigenvalue weighted by molar-refractivity contribution is -0.0431. The Hall–Kier alpha value is -2.71. The summed E-state index contributed by atoms with van der Waals surface area (Å²) in [5, 5.41) is 6.84. The highest BCUT2D eigenvalue weighted by Gasteiger charge is 2.32. The van der Waals surface area contributed by atoms with Gasteiger partial charge in [0.25, 0.3) is 0 Å². The molecule has 1 aromatic heterocycles. The van der Waals surface area contributed by atoms with E-state index in [9.17, 15) is 0 Å². The van der Waals surface area contributed by atoms with Crippen molar-refractivity contribution in [2.75, 3.05) is 51.3 Å². The lowest BCUT2D eigenvalue weighted by Crippen LogP contribution is -2.47. The monoisotopic (exact) mass is 440 g/mol. The first-order valence-electron chi connectivity index (χ1n) is 11.7. The zero-order chi connectivity index (χ0) is 21.6. The van der Waals surface area contributed by atoms with E-state index in [4.69, 9.17) is 23.6 Å². The van der Waals surface area contributed by atoms with E-state index in [1.807, 2.05) is 30.3 Å². The molecule has 4 heterocycles. The summed E-state index contributed by atoms with van der Waals surface area (Å²) in [5.41, 5.74) is 0.905. The van der Waals surface area contributed by atoms with Gasteiger partial charge in [-0.1, -0.05) is 0 Å². The van der Waals surface area contributed by atoms with Crippen molar-refractivity contribution < 1.29 is 18.6 Å². The van der Waals surface area contributed by atoms with Crippen LogP contribution in [-0.4, -0.2) is 69.0 Å². The summed E-state index contributed by atoms with van der Waals surface area (Å²) in [6.07, 6.45) is 6.02. The predicted octanol–water partition coefficient (Wildman–Crippen LogP) is 2.90. The van der Waals surface area contributed by atoms with E-state index in [-0.39, 0.29) is 6.10 Å². The van der Waals surface area contributed by atoms with Crippen LogP contribution in [0.4, 0.5) is 5.69 Å². The highest BCUT2D eigenvalue weighted by molar-refractivity contribution is 5.94. The molecule has 8 heteroatoms. The number of furan rings is 1. The minimum atomic E-state index is 0.122. The first-order valence-corrected chi connectivity index (χ1v) is 11.7. The molecule has 0 spiro atoms. The second kappa shape index (κ2) is 10.3. The third kappa shape index (κ3) is 5.37.